The van der Waals surface area contributed by atoms with Gasteiger partial charge in [0.25, 0.3) is 0 Å². The molecule has 8 heteroatoms. The highest BCUT2D eigenvalue weighted by Crippen LogP contribution is 2.15. The van der Waals surface area contributed by atoms with E-state index in [1.165, 1.54) is 11.1 Å². The Labute approximate surface area is 191 Å². The first-order chi connectivity index (χ1) is 13.4. The topological polar surface area (TPSA) is 76.4 Å². The quantitative estimate of drug-likeness (QED) is 0.232. The van der Waals surface area contributed by atoms with Crippen molar-refractivity contribution in [2.24, 2.45) is 18.0 Å². The minimum absolute atomic E-state index is 0. The second kappa shape index (κ2) is 12.8. The van der Waals surface area contributed by atoms with Crippen LogP contribution in [-0.2, 0) is 24.8 Å². The maximum absolute atomic E-state index is 5.14. The van der Waals surface area contributed by atoms with Gasteiger partial charge in [-0.1, -0.05) is 38.1 Å². The molecule has 162 valence electrons. The monoisotopic (exact) mass is 514 g/mol. The summed E-state index contributed by atoms with van der Waals surface area (Å²) in [7, 11) is 3.64. The number of aromatic nitrogens is 3. The van der Waals surface area contributed by atoms with Gasteiger partial charge in [-0.15, -0.1) is 34.2 Å². The van der Waals surface area contributed by atoms with Crippen LogP contribution in [0.1, 0.15) is 49.6 Å². The highest BCUT2D eigenvalue weighted by Gasteiger charge is 2.10. The number of hydrogen-bond donors (Lipinski definition) is 2. The summed E-state index contributed by atoms with van der Waals surface area (Å²) >= 11 is 0. The predicted molar refractivity (Wildman–Crippen MR) is 129 cm³/mol. The van der Waals surface area contributed by atoms with Crippen molar-refractivity contribution in [1.29, 1.82) is 0 Å². The molecule has 0 amide bonds. The van der Waals surface area contributed by atoms with Crippen LogP contribution in [0.25, 0.3) is 0 Å². The molecule has 2 N–H and O–H groups in total. The number of nitrogens with one attached hydrogen (secondary N) is 2. The van der Waals surface area contributed by atoms with E-state index in [0.717, 1.165) is 24.0 Å². The second-order valence-electron chi connectivity index (χ2n) is 7.51. The summed E-state index contributed by atoms with van der Waals surface area (Å²) in [5.74, 6) is 3.10. The van der Waals surface area contributed by atoms with Gasteiger partial charge in [0, 0.05) is 20.7 Å². The average Bonchev–Trinajstić information content (AvgIpc) is 2.98. The number of rotatable bonds is 9. The van der Waals surface area contributed by atoms with E-state index < -0.39 is 0 Å². The van der Waals surface area contributed by atoms with Crippen LogP contribution in [0.15, 0.2) is 29.3 Å². The zero-order chi connectivity index (χ0) is 20.5. The maximum atomic E-state index is 5.14. The van der Waals surface area contributed by atoms with E-state index in [0.29, 0.717) is 25.6 Å². The van der Waals surface area contributed by atoms with E-state index in [1.807, 2.05) is 18.5 Å². The molecule has 0 fully saturated rings. The van der Waals surface area contributed by atoms with Gasteiger partial charge < -0.3 is 19.9 Å². The van der Waals surface area contributed by atoms with Gasteiger partial charge in [0.05, 0.1) is 12.6 Å². The second-order valence-corrected chi connectivity index (χ2v) is 7.51. The summed E-state index contributed by atoms with van der Waals surface area (Å²) in [5.41, 5.74) is 2.60. The fourth-order valence-electron chi connectivity index (χ4n) is 2.86. The molecule has 2 aromatic rings. The molecule has 2 rings (SSSR count). The Hall–Kier alpha value is -1.68. The van der Waals surface area contributed by atoms with Gasteiger partial charge in [0.2, 0.25) is 0 Å². The Kier molecular flexibility index (Phi) is 11.2. The molecule has 0 bridgehead atoms. The summed E-state index contributed by atoms with van der Waals surface area (Å²) < 4.78 is 7.09. The van der Waals surface area contributed by atoms with Crippen LogP contribution in [0.4, 0.5) is 0 Å². The number of aliphatic imine (C=N–C) groups is 1. The number of hydrogen-bond acceptors (Lipinski definition) is 4. The van der Waals surface area contributed by atoms with Crippen molar-refractivity contribution in [2.45, 2.75) is 46.7 Å². The van der Waals surface area contributed by atoms with Crippen molar-refractivity contribution in [3.05, 3.63) is 47.0 Å². The van der Waals surface area contributed by atoms with Gasteiger partial charge in [0.1, 0.15) is 12.4 Å². The van der Waals surface area contributed by atoms with Crippen molar-refractivity contribution in [3.8, 4) is 0 Å². The molecule has 1 aromatic heterocycles. The Morgan fingerprint density at radius 1 is 1.17 bits per heavy atom. The van der Waals surface area contributed by atoms with E-state index in [9.17, 15) is 0 Å². The Morgan fingerprint density at radius 2 is 1.86 bits per heavy atom. The molecular weight excluding hydrogens is 479 g/mol. The lowest BCUT2D eigenvalue weighted by Gasteiger charge is -2.19. The van der Waals surface area contributed by atoms with E-state index in [-0.39, 0.29) is 30.0 Å². The molecule has 0 spiro atoms. The minimum Gasteiger partial charge on any atom is -0.383 e. The Bertz CT molecular complexity index is 757. The highest BCUT2D eigenvalue weighted by molar-refractivity contribution is 14.0. The first-order valence-corrected chi connectivity index (χ1v) is 9.88. The van der Waals surface area contributed by atoms with Crippen molar-refractivity contribution >= 4 is 29.9 Å². The summed E-state index contributed by atoms with van der Waals surface area (Å²) in [6.45, 7) is 10.3. The molecule has 0 aliphatic heterocycles. The lowest BCUT2D eigenvalue weighted by molar-refractivity contribution is 0.203. The molecule has 0 radical (unpaired) electrons. The lowest BCUT2D eigenvalue weighted by atomic mass is 10.00. The van der Waals surface area contributed by atoms with E-state index in [4.69, 9.17) is 4.74 Å². The van der Waals surface area contributed by atoms with Crippen LogP contribution < -0.4 is 10.6 Å². The third kappa shape index (κ3) is 8.30. The van der Waals surface area contributed by atoms with Gasteiger partial charge in [-0.2, -0.15) is 0 Å². The summed E-state index contributed by atoms with van der Waals surface area (Å²) in [4.78, 5) is 4.68. The van der Waals surface area contributed by atoms with Gasteiger partial charge in [-0.25, -0.2) is 4.99 Å². The number of methoxy groups -OCH3 is 1. The van der Waals surface area contributed by atoms with Crippen molar-refractivity contribution < 1.29 is 4.74 Å². The number of nitrogens with zero attached hydrogens (tertiary/aromatic N) is 4. The molecule has 1 atom stereocenters. The van der Waals surface area contributed by atoms with Crippen LogP contribution in [0, 0.1) is 12.8 Å². The van der Waals surface area contributed by atoms with Crippen LogP contribution >= 0.6 is 24.0 Å². The number of benzene rings is 1. The third-order valence-electron chi connectivity index (χ3n) is 4.64. The molecule has 0 aliphatic carbocycles. The standard InChI is InChI=1S/C21H34N6O.HI/c1-15(2)13-18-7-9-19(10-8-18)16(3)24-21(22-11-12-28-6)23-14-20-26-25-17(4)27(20)5;/h7-10,15-16H,11-14H2,1-6H3,(H2,22,23,24);1H. The van der Waals surface area contributed by atoms with E-state index in [2.05, 4.69) is 70.9 Å². The van der Waals surface area contributed by atoms with E-state index in [1.54, 1.807) is 7.11 Å². The predicted octanol–water partition coefficient (Wildman–Crippen LogP) is 3.38. The zero-order valence-corrected chi connectivity index (χ0v) is 20.7. The van der Waals surface area contributed by atoms with E-state index >= 15 is 0 Å². The average molecular weight is 514 g/mol. The van der Waals surface area contributed by atoms with Crippen LogP contribution in [0.5, 0.6) is 0 Å². The molecule has 1 unspecified atom stereocenters. The van der Waals surface area contributed by atoms with Gasteiger partial charge in [-0.05, 0) is 37.3 Å². The summed E-state index contributed by atoms with van der Waals surface area (Å²) in [6, 6.07) is 8.93. The molecule has 29 heavy (non-hydrogen) atoms. The molecule has 1 aromatic carbocycles. The van der Waals surface area contributed by atoms with Crippen molar-refractivity contribution in [1.82, 2.24) is 25.4 Å². The largest absolute Gasteiger partial charge is 0.383 e. The number of ether oxygens (including phenoxy) is 1. The maximum Gasteiger partial charge on any atom is 0.192 e. The van der Waals surface area contributed by atoms with Crippen LogP contribution in [-0.4, -0.2) is 41.0 Å². The van der Waals surface area contributed by atoms with Gasteiger partial charge in [-0.3, -0.25) is 0 Å². The molecule has 1 heterocycles. The smallest absolute Gasteiger partial charge is 0.192 e. The molecule has 7 nitrogen and oxygen atoms in total. The summed E-state index contributed by atoms with van der Waals surface area (Å²) in [5, 5.41) is 15.1. The lowest BCUT2D eigenvalue weighted by Crippen LogP contribution is -2.40. The number of halogens is 1. The van der Waals surface area contributed by atoms with Gasteiger partial charge in [0.15, 0.2) is 11.8 Å². The molecule has 0 saturated heterocycles. The first-order valence-electron chi connectivity index (χ1n) is 9.88. The zero-order valence-electron chi connectivity index (χ0n) is 18.4. The Balaban J connectivity index is 0.00000420. The van der Waals surface area contributed by atoms with Crippen molar-refractivity contribution in [3.63, 3.8) is 0 Å². The molecular formula is C21H35IN6O. The number of aryl methyl sites for hydroxylation is 1. The fourth-order valence-corrected chi connectivity index (χ4v) is 2.86. The summed E-state index contributed by atoms with van der Waals surface area (Å²) in [6.07, 6.45) is 1.10. The minimum atomic E-state index is 0. The fraction of sp³-hybridized carbons (Fsp3) is 0.571. The number of guanidine groups is 1. The Morgan fingerprint density at radius 3 is 2.41 bits per heavy atom. The third-order valence-corrected chi connectivity index (χ3v) is 4.64. The molecule has 0 saturated carbocycles. The van der Waals surface area contributed by atoms with Crippen LogP contribution in [0.3, 0.4) is 0 Å². The highest BCUT2D eigenvalue weighted by atomic mass is 127. The normalized spacial score (nSPS) is 12.6. The SMILES string of the molecule is COCCNC(=NCc1nnc(C)n1C)NC(C)c1ccc(CC(C)C)cc1.I. The van der Waals surface area contributed by atoms with Crippen molar-refractivity contribution in [2.75, 3.05) is 20.3 Å². The molecule has 0 aliphatic rings. The van der Waals surface area contributed by atoms with Gasteiger partial charge >= 0.3 is 0 Å². The van der Waals surface area contributed by atoms with Crippen LogP contribution in [0.2, 0.25) is 0 Å². The first kappa shape index (κ1) is 25.4.